The van der Waals surface area contributed by atoms with Crippen LogP contribution in [0.3, 0.4) is 0 Å². The Morgan fingerprint density at radius 3 is 2.75 bits per heavy atom. The highest BCUT2D eigenvalue weighted by molar-refractivity contribution is 6.41. The molecule has 0 spiro atoms. The summed E-state index contributed by atoms with van der Waals surface area (Å²) in [5.41, 5.74) is 0.560. The molecule has 0 radical (unpaired) electrons. The van der Waals surface area contributed by atoms with Gasteiger partial charge >= 0.3 is 0 Å². The van der Waals surface area contributed by atoms with Crippen LogP contribution >= 0.6 is 23.2 Å². The molecule has 0 saturated heterocycles. The van der Waals surface area contributed by atoms with Crippen LogP contribution in [-0.4, -0.2) is 14.7 Å². The van der Waals surface area contributed by atoms with Crippen LogP contribution in [0.25, 0.3) is 0 Å². The van der Waals surface area contributed by atoms with Crippen LogP contribution in [0.5, 0.6) is 0 Å². The van der Waals surface area contributed by atoms with Gasteiger partial charge in [-0.3, -0.25) is 14.9 Å². The van der Waals surface area contributed by atoms with Crippen LogP contribution in [0, 0.1) is 17.0 Å². The molecule has 0 aliphatic carbocycles. The van der Waals surface area contributed by atoms with Crippen molar-refractivity contribution in [3.8, 4) is 0 Å². The second-order valence-corrected chi connectivity index (χ2v) is 4.87. The molecule has 0 N–H and O–H groups in total. The fourth-order valence-electron chi connectivity index (χ4n) is 1.76. The van der Waals surface area contributed by atoms with Crippen LogP contribution < -0.4 is 5.56 Å². The molecule has 104 valence electrons. The highest BCUT2D eigenvalue weighted by atomic mass is 35.5. The van der Waals surface area contributed by atoms with E-state index in [0.717, 1.165) is 4.68 Å². The number of nitrogens with zero attached hydrogens (tertiary/aromatic N) is 3. The summed E-state index contributed by atoms with van der Waals surface area (Å²) >= 11 is 11.4. The van der Waals surface area contributed by atoms with Gasteiger partial charge in [0.05, 0.1) is 22.7 Å². The molecule has 0 amide bonds. The van der Waals surface area contributed by atoms with Crippen molar-refractivity contribution in [3.05, 3.63) is 66.0 Å². The SMILES string of the molecule is Cc1c(Cn2ncc(Cl)c(Cl)c2=O)cccc1[N+](=O)[O-]. The summed E-state index contributed by atoms with van der Waals surface area (Å²) < 4.78 is 1.11. The molecule has 2 rings (SSSR count). The van der Waals surface area contributed by atoms with Crippen molar-refractivity contribution in [2.75, 3.05) is 0 Å². The van der Waals surface area contributed by atoms with Gasteiger partial charge in [-0.2, -0.15) is 5.10 Å². The normalized spacial score (nSPS) is 10.6. The number of nitro benzene ring substituents is 1. The van der Waals surface area contributed by atoms with E-state index >= 15 is 0 Å². The molecule has 0 saturated carbocycles. The molecule has 20 heavy (non-hydrogen) atoms. The molecule has 1 heterocycles. The molecular formula is C12H9Cl2N3O3. The lowest BCUT2D eigenvalue weighted by Gasteiger charge is -2.08. The maximum Gasteiger partial charge on any atom is 0.287 e. The predicted molar refractivity (Wildman–Crippen MR) is 75.5 cm³/mol. The van der Waals surface area contributed by atoms with Crippen LogP contribution in [0.2, 0.25) is 10.0 Å². The van der Waals surface area contributed by atoms with Crippen LogP contribution in [0.15, 0.2) is 29.2 Å². The third-order valence-electron chi connectivity index (χ3n) is 2.88. The highest BCUT2D eigenvalue weighted by Crippen LogP contribution is 2.22. The highest BCUT2D eigenvalue weighted by Gasteiger charge is 2.15. The Labute approximate surface area is 123 Å². The van der Waals surface area contributed by atoms with Crippen LogP contribution in [-0.2, 0) is 6.54 Å². The average Bonchev–Trinajstić information content (AvgIpc) is 2.41. The van der Waals surface area contributed by atoms with Gasteiger partial charge in [-0.1, -0.05) is 35.3 Å². The Kier molecular flexibility index (Phi) is 4.06. The summed E-state index contributed by atoms with van der Waals surface area (Å²) in [4.78, 5) is 22.3. The van der Waals surface area contributed by atoms with Gasteiger partial charge in [0, 0.05) is 11.6 Å². The summed E-state index contributed by atoms with van der Waals surface area (Å²) in [7, 11) is 0. The Morgan fingerprint density at radius 1 is 1.40 bits per heavy atom. The van der Waals surface area contributed by atoms with Crippen molar-refractivity contribution in [1.29, 1.82) is 0 Å². The van der Waals surface area contributed by atoms with Gasteiger partial charge in [-0.15, -0.1) is 0 Å². The summed E-state index contributed by atoms with van der Waals surface area (Å²) in [5.74, 6) is 0. The van der Waals surface area contributed by atoms with Crippen LogP contribution in [0.4, 0.5) is 5.69 Å². The summed E-state index contributed by atoms with van der Waals surface area (Å²) in [6.45, 7) is 1.71. The number of hydrogen-bond acceptors (Lipinski definition) is 4. The fourth-order valence-corrected chi connectivity index (χ4v) is 2.03. The number of nitro groups is 1. The molecule has 6 nitrogen and oxygen atoms in total. The molecule has 1 aromatic heterocycles. The van der Waals surface area contributed by atoms with E-state index < -0.39 is 10.5 Å². The zero-order valence-corrected chi connectivity index (χ0v) is 11.9. The Hall–Kier alpha value is -1.92. The van der Waals surface area contributed by atoms with Crippen molar-refractivity contribution in [3.63, 3.8) is 0 Å². The second-order valence-electron chi connectivity index (χ2n) is 4.09. The van der Waals surface area contributed by atoms with Gasteiger partial charge in [0.15, 0.2) is 0 Å². The van der Waals surface area contributed by atoms with E-state index in [1.807, 2.05) is 0 Å². The molecule has 8 heteroatoms. The molecule has 0 bridgehead atoms. The van der Waals surface area contributed by atoms with E-state index in [9.17, 15) is 14.9 Å². The van der Waals surface area contributed by atoms with E-state index in [-0.39, 0.29) is 22.3 Å². The van der Waals surface area contributed by atoms with Gasteiger partial charge in [-0.25, -0.2) is 4.68 Å². The molecule has 0 unspecified atom stereocenters. The van der Waals surface area contributed by atoms with Gasteiger partial charge < -0.3 is 0 Å². The fraction of sp³-hybridized carbons (Fsp3) is 0.167. The van der Waals surface area contributed by atoms with Crippen molar-refractivity contribution < 1.29 is 4.92 Å². The summed E-state index contributed by atoms with van der Waals surface area (Å²) in [5, 5.41) is 14.7. The maximum absolute atomic E-state index is 11.9. The second kappa shape index (κ2) is 5.60. The molecule has 0 atom stereocenters. The van der Waals surface area contributed by atoms with Crippen molar-refractivity contribution in [2.45, 2.75) is 13.5 Å². The Bertz CT molecular complexity index is 743. The van der Waals surface area contributed by atoms with E-state index in [0.29, 0.717) is 11.1 Å². The largest absolute Gasteiger partial charge is 0.287 e. The zero-order chi connectivity index (χ0) is 14.9. The number of aromatic nitrogens is 2. The summed E-state index contributed by atoms with van der Waals surface area (Å²) in [6.07, 6.45) is 1.26. The number of hydrogen-bond donors (Lipinski definition) is 0. The first-order chi connectivity index (χ1) is 9.41. The van der Waals surface area contributed by atoms with E-state index in [4.69, 9.17) is 23.2 Å². The summed E-state index contributed by atoms with van der Waals surface area (Å²) in [6, 6.07) is 4.66. The number of benzene rings is 1. The van der Waals surface area contributed by atoms with Gasteiger partial charge in [0.1, 0.15) is 5.02 Å². The monoisotopic (exact) mass is 313 g/mol. The zero-order valence-electron chi connectivity index (χ0n) is 10.3. The van der Waals surface area contributed by atoms with Gasteiger partial charge in [-0.05, 0) is 12.5 Å². The van der Waals surface area contributed by atoms with E-state index in [1.165, 1.54) is 12.3 Å². The van der Waals surface area contributed by atoms with Gasteiger partial charge in [0.25, 0.3) is 11.2 Å². The van der Waals surface area contributed by atoms with Crippen molar-refractivity contribution >= 4 is 28.9 Å². The number of rotatable bonds is 3. The first-order valence-electron chi connectivity index (χ1n) is 5.56. The maximum atomic E-state index is 11.9. The first kappa shape index (κ1) is 14.5. The lowest BCUT2D eigenvalue weighted by molar-refractivity contribution is -0.385. The molecule has 1 aromatic carbocycles. The number of halogens is 2. The minimum absolute atomic E-state index is 0.00407. The smallest absolute Gasteiger partial charge is 0.266 e. The van der Waals surface area contributed by atoms with Crippen LogP contribution in [0.1, 0.15) is 11.1 Å². The topological polar surface area (TPSA) is 78.0 Å². The van der Waals surface area contributed by atoms with E-state index in [2.05, 4.69) is 5.10 Å². The third kappa shape index (κ3) is 2.66. The van der Waals surface area contributed by atoms with Crippen molar-refractivity contribution in [1.82, 2.24) is 9.78 Å². The minimum Gasteiger partial charge on any atom is -0.266 e. The predicted octanol–water partition coefficient (Wildman–Crippen LogP) is 2.82. The quantitative estimate of drug-likeness (QED) is 0.644. The average molecular weight is 314 g/mol. The lowest BCUT2D eigenvalue weighted by Crippen LogP contribution is -2.24. The molecule has 0 fully saturated rings. The van der Waals surface area contributed by atoms with E-state index in [1.54, 1.807) is 19.1 Å². The first-order valence-corrected chi connectivity index (χ1v) is 6.31. The minimum atomic E-state index is -0.537. The molecule has 0 aliphatic rings. The lowest BCUT2D eigenvalue weighted by atomic mass is 10.1. The van der Waals surface area contributed by atoms with Gasteiger partial charge in [0.2, 0.25) is 0 Å². The standard InChI is InChI=1S/C12H9Cl2N3O3/c1-7-8(3-2-4-10(7)17(19)20)6-16-12(18)11(14)9(13)5-15-16/h2-5H,6H2,1H3. The van der Waals surface area contributed by atoms with Crippen molar-refractivity contribution in [2.24, 2.45) is 0 Å². The Balaban J connectivity index is 2.46. The molecule has 0 aliphatic heterocycles. The molecular weight excluding hydrogens is 305 g/mol. The third-order valence-corrected chi connectivity index (χ3v) is 3.63. The Morgan fingerprint density at radius 2 is 2.10 bits per heavy atom. The molecule has 2 aromatic rings.